The summed E-state index contributed by atoms with van der Waals surface area (Å²) in [4.78, 5) is 19.8. The molecule has 0 bridgehead atoms. The molecule has 4 aromatic rings. The van der Waals surface area contributed by atoms with Crippen molar-refractivity contribution in [2.75, 3.05) is 18.0 Å². The Hall–Kier alpha value is -3.72. The van der Waals surface area contributed by atoms with Crippen LogP contribution in [0.2, 0.25) is 5.02 Å². The standard InChI is InChI=1S/C30H28ClF3N4O2/c1-2-25-27(38-16-22(31)7-12-26(38)36-25)28(39)35-15-19-3-5-20(6-4-19)21-13-29(14-21)17-37(18-29)23-8-10-24(11-9-23)40-30(32,33)34/h3-12,16,21H,2,13-15,17-18H2,1H3,(H,35,39). The van der Waals surface area contributed by atoms with Crippen LogP contribution in [0, 0.1) is 5.41 Å². The first-order valence-electron chi connectivity index (χ1n) is 13.3. The Morgan fingerprint density at radius 2 is 1.77 bits per heavy atom. The molecule has 2 fully saturated rings. The van der Waals surface area contributed by atoms with E-state index >= 15 is 0 Å². The van der Waals surface area contributed by atoms with Crippen LogP contribution in [0.15, 0.2) is 66.9 Å². The molecule has 1 aliphatic carbocycles. The normalized spacial score (nSPS) is 16.6. The summed E-state index contributed by atoms with van der Waals surface area (Å²) in [6.45, 7) is 4.19. The van der Waals surface area contributed by atoms with Gasteiger partial charge in [-0.1, -0.05) is 42.8 Å². The molecule has 40 heavy (non-hydrogen) atoms. The van der Waals surface area contributed by atoms with Crippen molar-refractivity contribution in [2.45, 2.75) is 45.0 Å². The quantitative estimate of drug-likeness (QED) is 0.267. The van der Waals surface area contributed by atoms with E-state index in [1.807, 2.05) is 6.92 Å². The molecule has 6 rings (SSSR count). The number of nitrogens with zero attached hydrogens (tertiary/aromatic N) is 3. The van der Waals surface area contributed by atoms with Crippen LogP contribution in [0.3, 0.4) is 0 Å². The summed E-state index contributed by atoms with van der Waals surface area (Å²) in [5.74, 6) is 0.0984. The highest BCUT2D eigenvalue weighted by Gasteiger charge is 2.52. The number of imidazole rings is 1. The van der Waals surface area contributed by atoms with Crippen LogP contribution in [-0.2, 0) is 13.0 Å². The minimum Gasteiger partial charge on any atom is -0.406 e. The fourth-order valence-corrected chi connectivity index (χ4v) is 6.17. The molecular weight excluding hydrogens is 541 g/mol. The zero-order valence-electron chi connectivity index (χ0n) is 21.8. The first-order valence-corrected chi connectivity index (χ1v) is 13.6. The lowest BCUT2D eigenvalue weighted by atomic mass is 9.56. The Balaban J connectivity index is 1.01. The van der Waals surface area contributed by atoms with Gasteiger partial charge in [-0.3, -0.25) is 9.20 Å². The molecule has 208 valence electrons. The maximum atomic E-state index is 13.1. The van der Waals surface area contributed by atoms with E-state index in [1.165, 1.54) is 17.7 Å². The fourth-order valence-electron chi connectivity index (χ4n) is 6.01. The van der Waals surface area contributed by atoms with Gasteiger partial charge in [0.05, 0.1) is 10.7 Å². The number of pyridine rings is 1. The average molecular weight is 569 g/mol. The van der Waals surface area contributed by atoms with E-state index in [1.54, 1.807) is 34.9 Å². The summed E-state index contributed by atoms with van der Waals surface area (Å²) in [5, 5.41) is 3.56. The molecule has 1 aliphatic heterocycles. The van der Waals surface area contributed by atoms with Gasteiger partial charge in [-0.15, -0.1) is 13.2 Å². The first-order chi connectivity index (χ1) is 19.1. The largest absolute Gasteiger partial charge is 0.573 e. The Morgan fingerprint density at radius 3 is 2.42 bits per heavy atom. The summed E-state index contributed by atoms with van der Waals surface area (Å²) >= 11 is 6.15. The van der Waals surface area contributed by atoms with E-state index < -0.39 is 6.36 Å². The van der Waals surface area contributed by atoms with E-state index in [-0.39, 0.29) is 17.1 Å². The number of carbonyl (C=O) groups excluding carboxylic acids is 1. The number of hydrogen-bond donors (Lipinski definition) is 1. The number of anilines is 1. The van der Waals surface area contributed by atoms with Crippen LogP contribution in [0.4, 0.5) is 18.9 Å². The van der Waals surface area contributed by atoms with Gasteiger partial charge in [-0.2, -0.15) is 0 Å². The van der Waals surface area contributed by atoms with Crippen molar-refractivity contribution in [2.24, 2.45) is 5.41 Å². The third-order valence-corrected chi connectivity index (χ3v) is 8.18. The van der Waals surface area contributed by atoms with Crippen LogP contribution >= 0.6 is 11.6 Å². The van der Waals surface area contributed by atoms with E-state index in [2.05, 4.69) is 44.2 Å². The lowest BCUT2D eigenvalue weighted by Gasteiger charge is -2.60. The number of carbonyl (C=O) groups is 1. The van der Waals surface area contributed by atoms with Crippen LogP contribution in [0.5, 0.6) is 5.75 Å². The van der Waals surface area contributed by atoms with Crippen molar-refractivity contribution >= 4 is 28.8 Å². The second-order valence-corrected chi connectivity index (χ2v) is 11.2. The lowest BCUT2D eigenvalue weighted by Crippen LogP contribution is -2.61. The molecule has 1 spiro atoms. The number of hydrogen-bond acceptors (Lipinski definition) is 4. The van der Waals surface area contributed by atoms with Crippen LogP contribution in [0.25, 0.3) is 5.65 Å². The van der Waals surface area contributed by atoms with Gasteiger partial charge in [0.15, 0.2) is 0 Å². The molecule has 6 nitrogen and oxygen atoms in total. The third kappa shape index (κ3) is 5.22. The summed E-state index contributed by atoms with van der Waals surface area (Å²) in [6.07, 6.45) is -0.153. The molecule has 1 N–H and O–H groups in total. The van der Waals surface area contributed by atoms with Gasteiger partial charge >= 0.3 is 6.36 Å². The Bertz CT molecular complexity index is 1540. The second kappa shape index (κ2) is 10.0. The number of benzene rings is 2. The van der Waals surface area contributed by atoms with Gasteiger partial charge < -0.3 is 15.0 Å². The maximum absolute atomic E-state index is 13.1. The van der Waals surface area contributed by atoms with Gasteiger partial charge in [0, 0.05) is 36.9 Å². The predicted molar refractivity (Wildman–Crippen MR) is 147 cm³/mol. The fraction of sp³-hybridized carbons (Fsp3) is 0.333. The topological polar surface area (TPSA) is 58.9 Å². The first kappa shape index (κ1) is 26.5. The highest BCUT2D eigenvalue weighted by atomic mass is 35.5. The number of nitrogens with one attached hydrogen (secondary N) is 1. The van der Waals surface area contributed by atoms with E-state index in [0.717, 1.165) is 42.9 Å². The Kier molecular flexibility index (Phi) is 6.65. The maximum Gasteiger partial charge on any atom is 0.573 e. The average Bonchev–Trinajstić information content (AvgIpc) is 3.24. The van der Waals surface area contributed by atoms with Crippen molar-refractivity contribution in [1.29, 1.82) is 0 Å². The van der Waals surface area contributed by atoms with Crippen molar-refractivity contribution < 1.29 is 22.7 Å². The lowest BCUT2D eigenvalue weighted by molar-refractivity contribution is -0.274. The van der Waals surface area contributed by atoms with Crippen molar-refractivity contribution in [3.05, 3.63) is 94.4 Å². The van der Waals surface area contributed by atoms with Crippen LogP contribution < -0.4 is 15.0 Å². The molecular formula is C30H28ClF3N4O2. The number of aryl methyl sites for hydroxylation is 1. The monoisotopic (exact) mass is 568 g/mol. The van der Waals surface area contributed by atoms with Gasteiger partial charge in [0.1, 0.15) is 17.1 Å². The number of ether oxygens (including phenoxy) is 1. The van der Waals surface area contributed by atoms with E-state index in [4.69, 9.17) is 11.6 Å². The van der Waals surface area contributed by atoms with Crippen molar-refractivity contribution in [3.8, 4) is 5.75 Å². The number of alkyl halides is 3. The Morgan fingerprint density at radius 1 is 1.07 bits per heavy atom. The summed E-state index contributed by atoms with van der Waals surface area (Å²) in [6, 6.07) is 18.0. The zero-order chi connectivity index (χ0) is 28.1. The SMILES string of the molecule is CCc1nc2ccc(Cl)cn2c1C(=O)NCc1ccc(C2CC3(C2)CN(c2ccc(OC(F)(F)F)cc2)C3)cc1. The number of halogens is 4. The van der Waals surface area contributed by atoms with E-state index in [0.29, 0.717) is 35.2 Å². The highest BCUT2D eigenvalue weighted by molar-refractivity contribution is 6.30. The Labute approximate surface area is 234 Å². The number of fused-ring (bicyclic) bond motifs is 1. The third-order valence-electron chi connectivity index (χ3n) is 7.96. The molecule has 10 heteroatoms. The van der Waals surface area contributed by atoms with Crippen LogP contribution in [-0.4, -0.2) is 34.7 Å². The highest BCUT2D eigenvalue weighted by Crippen LogP contribution is 2.56. The minimum absolute atomic E-state index is 0.186. The number of amides is 1. The van der Waals surface area contributed by atoms with Gasteiger partial charge in [-0.25, -0.2) is 4.98 Å². The summed E-state index contributed by atoms with van der Waals surface area (Å²) in [7, 11) is 0. The summed E-state index contributed by atoms with van der Waals surface area (Å²) < 4.78 is 42.8. The van der Waals surface area contributed by atoms with Gasteiger partial charge in [-0.05, 0) is 72.7 Å². The second-order valence-electron chi connectivity index (χ2n) is 10.8. The van der Waals surface area contributed by atoms with Crippen LogP contribution in [0.1, 0.15) is 53.0 Å². The number of aromatic nitrogens is 2. The molecule has 0 radical (unpaired) electrons. The molecule has 1 amide bonds. The number of rotatable bonds is 7. The van der Waals surface area contributed by atoms with E-state index in [9.17, 15) is 18.0 Å². The molecule has 2 aliphatic rings. The molecule has 1 saturated carbocycles. The molecule has 1 saturated heterocycles. The predicted octanol–water partition coefficient (Wildman–Crippen LogP) is 6.76. The summed E-state index contributed by atoms with van der Waals surface area (Å²) in [5.41, 5.74) is 5.42. The van der Waals surface area contributed by atoms with Crippen molar-refractivity contribution in [1.82, 2.24) is 14.7 Å². The smallest absolute Gasteiger partial charge is 0.406 e. The molecule has 3 heterocycles. The molecule has 2 aromatic carbocycles. The molecule has 2 aromatic heterocycles. The van der Waals surface area contributed by atoms with Gasteiger partial charge in [0.2, 0.25) is 0 Å². The molecule has 0 atom stereocenters. The zero-order valence-corrected chi connectivity index (χ0v) is 22.6. The molecule has 0 unspecified atom stereocenters. The minimum atomic E-state index is -4.68. The van der Waals surface area contributed by atoms with Gasteiger partial charge in [0.25, 0.3) is 5.91 Å². The van der Waals surface area contributed by atoms with Crippen molar-refractivity contribution in [3.63, 3.8) is 0 Å².